The van der Waals surface area contributed by atoms with Gasteiger partial charge in [0.2, 0.25) is 0 Å². The molecule has 0 heterocycles. The van der Waals surface area contributed by atoms with Gasteiger partial charge in [-0.05, 0) is 30.5 Å². The number of nitrogens with one attached hydrogen (secondary N) is 1. The second kappa shape index (κ2) is 5.67. The van der Waals surface area contributed by atoms with Crippen LogP contribution >= 0.6 is 11.6 Å². The molecule has 0 bridgehead atoms. The summed E-state index contributed by atoms with van der Waals surface area (Å²) in [6, 6.07) is 5.46. The molecule has 98 valence electrons. The zero-order valence-electron chi connectivity index (χ0n) is 10.1. The summed E-state index contributed by atoms with van der Waals surface area (Å²) in [6.07, 6.45) is 2.91. The number of amidine groups is 1. The molecule has 1 aliphatic carbocycles. The Morgan fingerprint density at radius 1 is 1.50 bits per heavy atom. The number of halogens is 2. The SMILES string of the molecule is N=C(N)CCN(Cc1ccc(Cl)c(F)c1)C1CC1. The summed E-state index contributed by atoms with van der Waals surface area (Å²) in [7, 11) is 0. The van der Waals surface area contributed by atoms with E-state index in [4.69, 9.17) is 22.7 Å². The molecule has 0 spiro atoms. The van der Waals surface area contributed by atoms with Crippen molar-refractivity contribution in [1.82, 2.24) is 4.90 Å². The van der Waals surface area contributed by atoms with E-state index < -0.39 is 0 Å². The Morgan fingerprint density at radius 3 is 2.78 bits per heavy atom. The number of benzene rings is 1. The highest BCUT2D eigenvalue weighted by Gasteiger charge is 2.28. The quantitative estimate of drug-likeness (QED) is 0.616. The fourth-order valence-corrected chi connectivity index (χ4v) is 2.08. The number of nitrogens with two attached hydrogens (primary N) is 1. The van der Waals surface area contributed by atoms with Gasteiger partial charge in [-0.3, -0.25) is 10.3 Å². The third-order valence-corrected chi connectivity index (χ3v) is 3.41. The smallest absolute Gasteiger partial charge is 0.142 e. The van der Waals surface area contributed by atoms with Crippen molar-refractivity contribution in [2.75, 3.05) is 6.54 Å². The predicted molar refractivity (Wildman–Crippen MR) is 71.4 cm³/mol. The fourth-order valence-electron chi connectivity index (χ4n) is 1.97. The van der Waals surface area contributed by atoms with Crippen LogP contribution in [0.5, 0.6) is 0 Å². The van der Waals surface area contributed by atoms with E-state index >= 15 is 0 Å². The van der Waals surface area contributed by atoms with Gasteiger partial charge >= 0.3 is 0 Å². The summed E-state index contributed by atoms with van der Waals surface area (Å²) in [5.74, 6) is -0.181. The number of rotatable bonds is 6. The van der Waals surface area contributed by atoms with Crippen molar-refractivity contribution in [2.24, 2.45) is 5.73 Å². The Morgan fingerprint density at radius 2 is 2.22 bits per heavy atom. The lowest BCUT2D eigenvalue weighted by Gasteiger charge is -2.21. The maximum Gasteiger partial charge on any atom is 0.142 e. The normalized spacial score (nSPS) is 15.1. The fraction of sp³-hybridized carbons (Fsp3) is 0.462. The lowest BCUT2D eigenvalue weighted by molar-refractivity contribution is 0.262. The van der Waals surface area contributed by atoms with Crippen LogP contribution in [0, 0.1) is 11.2 Å². The molecule has 1 fully saturated rings. The molecule has 1 aliphatic rings. The molecule has 0 saturated heterocycles. The Balaban J connectivity index is 1.99. The van der Waals surface area contributed by atoms with Crippen molar-refractivity contribution in [3.05, 3.63) is 34.6 Å². The Bertz CT molecular complexity index is 446. The molecule has 3 nitrogen and oxygen atoms in total. The molecule has 0 radical (unpaired) electrons. The first-order valence-electron chi connectivity index (χ1n) is 6.07. The topological polar surface area (TPSA) is 53.1 Å². The van der Waals surface area contributed by atoms with E-state index in [1.807, 2.05) is 6.07 Å². The van der Waals surface area contributed by atoms with Crippen molar-refractivity contribution >= 4 is 17.4 Å². The summed E-state index contributed by atoms with van der Waals surface area (Å²) in [6.45, 7) is 1.44. The van der Waals surface area contributed by atoms with E-state index in [1.54, 1.807) is 6.07 Å². The molecule has 0 amide bonds. The third-order valence-electron chi connectivity index (χ3n) is 3.10. The maximum absolute atomic E-state index is 13.4. The maximum atomic E-state index is 13.4. The molecular formula is C13H17ClFN3. The van der Waals surface area contributed by atoms with Gasteiger partial charge in [-0.2, -0.15) is 0 Å². The third kappa shape index (κ3) is 3.68. The van der Waals surface area contributed by atoms with Crippen LogP contribution in [0.2, 0.25) is 5.02 Å². The van der Waals surface area contributed by atoms with Crippen LogP contribution in [0.25, 0.3) is 0 Å². The standard InChI is InChI=1S/C13H17ClFN3/c14-11-4-1-9(7-12(11)15)8-18(10-2-3-10)6-5-13(16)17/h1,4,7,10H,2-3,5-6,8H2,(H3,16,17). The summed E-state index contributed by atoms with van der Waals surface area (Å²) >= 11 is 5.66. The Labute approximate surface area is 111 Å². The van der Waals surface area contributed by atoms with Gasteiger partial charge in [-0.1, -0.05) is 17.7 Å². The molecule has 5 heteroatoms. The predicted octanol–water partition coefficient (Wildman–Crippen LogP) is 2.77. The van der Waals surface area contributed by atoms with E-state index in [0.29, 0.717) is 19.0 Å². The molecule has 1 saturated carbocycles. The molecule has 0 aliphatic heterocycles. The molecule has 1 aromatic rings. The second-order valence-electron chi connectivity index (χ2n) is 4.73. The van der Waals surface area contributed by atoms with Gasteiger partial charge in [0.25, 0.3) is 0 Å². The summed E-state index contributed by atoms with van der Waals surface area (Å²) in [4.78, 5) is 2.25. The van der Waals surface area contributed by atoms with Crippen molar-refractivity contribution < 1.29 is 4.39 Å². The first kappa shape index (κ1) is 13.3. The van der Waals surface area contributed by atoms with Crippen LogP contribution in [0.15, 0.2) is 18.2 Å². The van der Waals surface area contributed by atoms with Crippen molar-refractivity contribution in [1.29, 1.82) is 5.41 Å². The van der Waals surface area contributed by atoms with E-state index in [-0.39, 0.29) is 16.7 Å². The van der Waals surface area contributed by atoms with Crippen molar-refractivity contribution in [3.8, 4) is 0 Å². The zero-order chi connectivity index (χ0) is 13.1. The molecule has 0 unspecified atom stereocenters. The van der Waals surface area contributed by atoms with Crippen LogP contribution < -0.4 is 5.73 Å². The number of hydrogen-bond acceptors (Lipinski definition) is 2. The van der Waals surface area contributed by atoms with Crippen LogP contribution in [0.3, 0.4) is 0 Å². The van der Waals surface area contributed by atoms with Gasteiger partial charge < -0.3 is 5.73 Å². The second-order valence-corrected chi connectivity index (χ2v) is 5.13. The van der Waals surface area contributed by atoms with Crippen LogP contribution in [0.1, 0.15) is 24.8 Å². The minimum Gasteiger partial charge on any atom is -0.388 e. The molecule has 0 atom stereocenters. The Kier molecular flexibility index (Phi) is 4.19. The largest absolute Gasteiger partial charge is 0.388 e. The van der Waals surface area contributed by atoms with Gasteiger partial charge in [0.1, 0.15) is 5.82 Å². The van der Waals surface area contributed by atoms with Gasteiger partial charge in [-0.15, -0.1) is 0 Å². The van der Waals surface area contributed by atoms with Crippen LogP contribution in [-0.2, 0) is 6.54 Å². The minimum absolute atomic E-state index is 0.153. The highest BCUT2D eigenvalue weighted by atomic mass is 35.5. The molecule has 3 N–H and O–H groups in total. The average molecular weight is 270 g/mol. The summed E-state index contributed by atoms with van der Waals surface area (Å²) in [5.41, 5.74) is 6.29. The lowest BCUT2D eigenvalue weighted by Crippen LogP contribution is -2.29. The first-order valence-corrected chi connectivity index (χ1v) is 6.45. The van der Waals surface area contributed by atoms with Crippen LogP contribution in [-0.4, -0.2) is 23.3 Å². The number of hydrogen-bond donors (Lipinski definition) is 2. The minimum atomic E-state index is -0.378. The lowest BCUT2D eigenvalue weighted by atomic mass is 10.2. The molecule has 0 aromatic heterocycles. The highest BCUT2D eigenvalue weighted by molar-refractivity contribution is 6.30. The Hall–Kier alpha value is -1.13. The van der Waals surface area contributed by atoms with E-state index in [1.165, 1.54) is 18.9 Å². The van der Waals surface area contributed by atoms with Gasteiger partial charge in [-0.25, -0.2) is 4.39 Å². The van der Waals surface area contributed by atoms with Crippen molar-refractivity contribution in [3.63, 3.8) is 0 Å². The number of nitrogens with zero attached hydrogens (tertiary/aromatic N) is 1. The molecular weight excluding hydrogens is 253 g/mol. The van der Waals surface area contributed by atoms with Gasteiger partial charge in [0.15, 0.2) is 0 Å². The molecule has 18 heavy (non-hydrogen) atoms. The monoisotopic (exact) mass is 269 g/mol. The van der Waals surface area contributed by atoms with Gasteiger partial charge in [0.05, 0.1) is 10.9 Å². The van der Waals surface area contributed by atoms with Crippen LogP contribution in [0.4, 0.5) is 4.39 Å². The summed E-state index contributed by atoms with van der Waals surface area (Å²) in [5, 5.41) is 7.42. The van der Waals surface area contributed by atoms with Gasteiger partial charge in [0, 0.05) is 25.6 Å². The van der Waals surface area contributed by atoms with E-state index in [9.17, 15) is 4.39 Å². The summed E-state index contributed by atoms with van der Waals surface area (Å²) < 4.78 is 13.4. The average Bonchev–Trinajstić information content (AvgIpc) is 3.13. The van der Waals surface area contributed by atoms with E-state index in [0.717, 1.165) is 12.1 Å². The van der Waals surface area contributed by atoms with Crippen molar-refractivity contribution in [2.45, 2.75) is 31.8 Å². The highest BCUT2D eigenvalue weighted by Crippen LogP contribution is 2.28. The van der Waals surface area contributed by atoms with E-state index in [2.05, 4.69) is 4.90 Å². The molecule has 1 aromatic carbocycles. The molecule has 2 rings (SSSR count). The first-order chi connectivity index (χ1) is 8.56. The zero-order valence-corrected chi connectivity index (χ0v) is 10.9.